The number of nitrogens with zero attached hydrogens (tertiary/aromatic N) is 2. The molecule has 17 heavy (non-hydrogen) atoms. The zero-order valence-corrected chi connectivity index (χ0v) is 10.9. The fraction of sp³-hybridized carbons (Fsp3) is 0.250. The van der Waals surface area contributed by atoms with Crippen LogP contribution in [0.15, 0.2) is 30.5 Å². The topological polar surface area (TPSA) is 27.1 Å². The molecule has 0 aliphatic carbocycles. The van der Waals surface area contributed by atoms with Gasteiger partial charge in [-0.15, -0.1) is 0 Å². The van der Waals surface area contributed by atoms with Crippen LogP contribution in [0.3, 0.4) is 0 Å². The summed E-state index contributed by atoms with van der Waals surface area (Å²) in [5, 5.41) is 5.27. The summed E-state index contributed by atoms with van der Waals surface area (Å²) < 4.78 is 7.41. The van der Waals surface area contributed by atoms with Crippen molar-refractivity contribution in [3.05, 3.63) is 46.2 Å². The molecule has 0 radical (unpaired) electrons. The minimum Gasteiger partial charge on any atom is -0.492 e. The van der Waals surface area contributed by atoms with Crippen LogP contribution in [0.25, 0.3) is 0 Å². The van der Waals surface area contributed by atoms with Crippen molar-refractivity contribution in [2.24, 2.45) is 7.05 Å². The van der Waals surface area contributed by atoms with Gasteiger partial charge in [-0.05, 0) is 18.2 Å². The Bertz CT molecular complexity index is 511. The minimum absolute atomic E-state index is 0.541. The Morgan fingerprint density at radius 3 is 2.82 bits per heavy atom. The Morgan fingerprint density at radius 1 is 1.29 bits per heavy atom. The predicted molar refractivity (Wildman–Crippen MR) is 68.9 cm³/mol. The van der Waals surface area contributed by atoms with Crippen molar-refractivity contribution in [3.8, 4) is 5.75 Å². The molecule has 3 nitrogen and oxygen atoms in total. The van der Waals surface area contributed by atoms with Gasteiger partial charge in [-0.3, -0.25) is 4.68 Å². The number of aryl methyl sites for hydroxylation is 1. The van der Waals surface area contributed by atoms with Crippen LogP contribution in [-0.2, 0) is 13.5 Å². The average Bonchev–Trinajstić information content (AvgIpc) is 2.70. The maximum Gasteiger partial charge on any atom is 0.139 e. The number of aromatic nitrogens is 2. The van der Waals surface area contributed by atoms with Gasteiger partial charge >= 0.3 is 0 Å². The van der Waals surface area contributed by atoms with Crippen LogP contribution in [0, 0.1) is 0 Å². The van der Waals surface area contributed by atoms with Crippen LogP contribution >= 0.6 is 23.2 Å². The standard InChI is InChI=1S/C12H12Cl2N2O/c1-16-10(4-6-15-16)5-7-17-12-8-9(13)2-3-11(12)14/h2-4,6,8H,5,7H2,1H3. The molecule has 0 saturated carbocycles. The zero-order chi connectivity index (χ0) is 12.3. The number of ether oxygens (including phenoxy) is 1. The lowest BCUT2D eigenvalue weighted by Crippen LogP contribution is -2.06. The first kappa shape index (κ1) is 12.3. The smallest absolute Gasteiger partial charge is 0.139 e. The van der Waals surface area contributed by atoms with E-state index in [-0.39, 0.29) is 0 Å². The van der Waals surface area contributed by atoms with E-state index in [4.69, 9.17) is 27.9 Å². The van der Waals surface area contributed by atoms with Crippen molar-refractivity contribution in [1.82, 2.24) is 9.78 Å². The van der Waals surface area contributed by atoms with E-state index in [1.807, 2.05) is 17.8 Å². The first-order valence-corrected chi connectivity index (χ1v) is 5.97. The first-order chi connectivity index (χ1) is 8.16. The van der Waals surface area contributed by atoms with Crippen LogP contribution in [0.1, 0.15) is 5.69 Å². The third kappa shape index (κ3) is 3.14. The second kappa shape index (κ2) is 5.43. The highest BCUT2D eigenvalue weighted by Gasteiger charge is 2.03. The molecule has 0 saturated heterocycles. The summed E-state index contributed by atoms with van der Waals surface area (Å²) in [7, 11) is 1.90. The lowest BCUT2D eigenvalue weighted by molar-refractivity contribution is 0.318. The van der Waals surface area contributed by atoms with Crippen molar-refractivity contribution in [1.29, 1.82) is 0 Å². The van der Waals surface area contributed by atoms with Crippen LogP contribution < -0.4 is 4.74 Å². The third-order valence-corrected chi connectivity index (χ3v) is 2.98. The van der Waals surface area contributed by atoms with Gasteiger partial charge in [0, 0.05) is 36.4 Å². The SMILES string of the molecule is Cn1nccc1CCOc1cc(Cl)ccc1Cl. The molecular weight excluding hydrogens is 259 g/mol. The quantitative estimate of drug-likeness (QED) is 0.852. The molecule has 0 aliphatic rings. The van der Waals surface area contributed by atoms with Gasteiger partial charge < -0.3 is 4.74 Å². The average molecular weight is 271 g/mol. The normalized spacial score (nSPS) is 10.5. The highest BCUT2D eigenvalue weighted by atomic mass is 35.5. The van der Waals surface area contributed by atoms with Crippen LogP contribution in [-0.4, -0.2) is 16.4 Å². The van der Waals surface area contributed by atoms with Crippen molar-refractivity contribution in [3.63, 3.8) is 0 Å². The maximum absolute atomic E-state index is 5.99. The zero-order valence-electron chi connectivity index (χ0n) is 9.36. The van der Waals surface area contributed by atoms with Gasteiger partial charge in [-0.1, -0.05) is 23.2 Å². The molecule has 0 aliphatic heterocycles. The molecule has 5 heteroatoms. The molecule has 0 atom stereocenters. The molecular formula is C12H12Cl2N2O. The minimum atomic E-state index is 0.541. The van der Waals surface area contributed by atoms with Crippen LogP contribution in [0.2, 0.25) is 10.0 Å². The Kier molecular flexibility index (Phi) is 3.92. The largest absolute Gasteiger partial charge is 0.492 e. The van der Waals surface area contributed by atoms with Crippen molar-refractivity contribution >= 4 is 23.2 Å². The highest BCUT2D eigenvalue weighted by molar-refractivity contribution is 6.34. The molecule has 0 bridgehead atoms. The van der Waals surface area contributed by atoms with Crippen LogP contribution in [0.4, 0.5) is 0 Å². The molecule has 2 aromatic rings. The molecule has 0 unspecified atom stereocenters. The van der Waals surface area contributed by atoms with Gasteiger partial charge in [0.05, 0.1) is 11.6 Å². The van der Waals surface area contributed by atoms with Gasteiger partial charge in [0.1, 0.15) is 5.75 Å². The van der Waals surface area contributed by atoms with Gasteiger partial charge in [-0.2, -0.15) is 5.10 Å². The summed E-state index contributed by atoms with van der Waals surface area (Å²) in [4.78, 5) is 0. The number of hydrogen-bond donors (Lipinski definition) is 0. The summed E-state index contributed by atoms with van der Waals surface area (Å²) in [6.07, 6.45) is 2.54. The van der Waals surface area contributed by atoms with Crippen molar-refractivity contribution in [2.75, 3.05) is 6.61 Å². The Balaban J connectivity index is 1.94. The molecule has 1 aromatic carbocycles. The fourth-order valence-electron chi connectivity index (χ4n) is 1.50. The van der Waals surface area contributed by atoms with E-state index in [2.05, 4.69) is 5.10 Å². The number of halogens is 2. The van der Waals surface area contributed by atoms with E-state index < -0.39 is 0 Å². The summed E-state index contributed by atoms with van der Waals surface area (Å²) in [6, 6.07) is 7.14. The second-order valence-electron chi connectivity index (χ2n) is 3.62. The van der Waals surface area contributed by atoms with Gasteiger partial charge in [-0.25, -0.2) is 0 Å². The lowest BCUT2D eigenvalue weighted by Gasteiger charge is -2.08. The summed E-state index contributed by atoms with van der Waals surface area (Å²) in [5.41, 5.74) is 1.11. The van der Waals surface area contributed by atoms with Crippen LogP contribution in [0.5, 0.6) is 5.75 Å². The second-order valence-corrected chi connectivity index (χ2v) is 4.46. The summed E-state index contributed by atoms with van der Waals surface area (Å²) in [6.45, 7) is 0.541. The highest BCUT2D eigenvalue weighted by Crippen LogP contribution is 2.27. The molecule has 0 fully saturated rings. The number of hydrogen-bond acceptors (Lipinski definition) is 2. The first-order valence-electron chi connectivity index (χ1n) is 5.21. The van der Waals surface area contributed by atoms with Gasteiger partial charge in [0.15, 0.2) is 0 Å². The molecule has 1 heterocycles. The third-order valence-electron chi connectivity index (χ3n) is 2.43. The van der Waals surface area contributed by atoms with Gasteiger partial charge in [0.2, 0.25) is 0 Å². The lowest BCUT2D eigenvalue weighted by atomic mass is 10.3. The molecule has 2 rings (SSSR count). The van der Waals surface area contributed by atoms with E-state index in [1.54, 1.807) is 24.4 Å². The number of rotatable bonds is 4. The van der Waals surface area contributed by atoms with E-state index in [9.17, 15) is 0 Å². The molecule has 0 spiro atoms. The van der Waals surface area contributed by atoms with Gasteiger partial charge in [0.25, 0.3) is 0 Å². The fourth-order valence-corrected chi connectivity index (χ4v) is 1.83. The molecule has 90 valence electrons. The van der Waals surface area contributed by atoms with Crippen molar-refractivity contribution < 1.29 is 4.74 Å². The Morgan fingerprint density at radius 2 is 2.12 bits per heavy atom. The molecule has 0 N–H and O–H groups in total. The van der Waals surface area contributed by atoms with E-state index in [1.165, 1.54) is 0 Å². The Labute approximate surface area is 110 Å². The van der Waals surface area contributed by atoms with Crippen molar-refractivity contribution in [2.45, 2.75) is 6.42 Å². The Hall–Kier alpha value is -1.19. The van der Waals surface area contributed by atoms with E-state index in [0.717, 1.165) is 12.1 Å². The van der Waals surface area contributed by atoms with E-state index >= 15 is 0 Å². The summed E-state index contributed by atoms with van der Waals surface area (Å²) in [5.74, 6) is 0.612. The summed E-state index contributed by atoms with van der Waals surface area (Å²) >= 11 is 11.9. The number of benzene rings is 1. The van der Waals surface area contributed by atoms with E-state index in [0.29, 0.717) is 22.4 Å². The monoisotopic (exact) mass is 270 g/mol. The molecule has 1 aromatic heterocycles. The maximum atomic E-state index is 5.99. The predicted octanol–water partition coefficient (Wildman–Crippen LogP) is 3.35. The molecule has 0 amide bonds.